The van der Waals surface area contributed by atoms with Gasteiger partial charge >= 0.3 is 0 Å². The van der Waals surface area contributed by atoms with Gasteiger partial charge in [0.25, 0.3) is 0 Å². The fourth-order valence-corrected chi connectivity index (χ4v) is 2.83. The van der Waals surface area contributed by atoms with Gasteiger partial charge in [-0.15, -0.1) is 0 Å². The average Bonchev–Trinajstić information content (AvgIpc) is 2.53. The van der Waals surface area contributed by atoms with Gasteiger partial charge in [-0.25, -0.2) is 0 Å². The van der Waals surface area contributed by atoms with Crippen molar-refractivity contribution in [3.05, 3.63) is 0 Å². The Bertz CT molecular complexity index is 398. The van der Waals surface area contributed by atoms with E-state index >= 15 is 0 Å². The third kappa shape index (κ3) is 4.41. The van der Waals surface area contributed by atoms with E-state index in [1.165, 1.54) is 0 Å². The molecule has 0 aromatic rings. The number of hydrogen-bond donors (Lipinski definition) is 2. The first kappa shape index (κ1) is 17.2. The van der Waals surface area contributed by atoms with Crippen molar-refractivity contribution in [3.8, 4) is 0 Å². The molecule has 2 aliphatic rings. The van der Waals surface area contributed by atoms with Crippen LogP contribution in [0.5, 0.6) is 0 Å². The van der Waals surface area contributed by atoms with E-state index in [9.17, 15) is 9.59 Å². The van der Waals surface area contributed by atoms with E-state index in [0.717, 1.165) is 45.8 Å². The Morgan fingerprint density at radius 2 is 2.09 bits per heavy atom. The molecule has 0 bridgehead atoms. The molecule has 7 nitrogen and oxygen atoms in total. The molecular formula is C15H28N4O3. The maximum absolute atomic E-state index is 12.4. The molecule has 2 aliphatic heterocycles. The predicted molar refractivity (Wildman–Crippen MR) is 83.5 cm³/mol. The summed E-state index contributed by atoms with van der Waals surface area (Å²) in [4.78, 5) is 28.4. The smallest absolute Gasteiger partial charge is 0.243 e. The van der Waals surface area contributed by atoms with E-state index in [1.807, 2.05) is 13.8 Å². The Kier molecular flexibility index (Phi) is 6.16. The minimum Gasteiger partial charge on any atom is -0.379 e. The van der Waals surface area contributed by atoms with Crippen LogP contribution in [0.15, 0.2) is 0 Å². The van der Waals surface area contributed by atoms with Crippen LogP contribution in [0.1, 0.15) is 20.3 Å². The number of carbonyl (C=O) groups is 2. The van der Waals surface area contributed by atoms with E-state index in [-0.39, 0.29) is 18.4 Å². The molecule has 2 fully saturated rings. The lowest BCUT2D eigenvalue weighted by atomic mass is 9.94. The molecule has 126 valence electrons. The maximum atomic E-state index is 12.4. The minimum absolute atomic E-state index is 0.0181. The monoisotopic (exact) mass is 312 g/mol. The molecule has 2 heterocycles. The van der Waals surface area contributed by atoms with Gasteiger partial charge in [0.15, 0.2) is 0 Å². The zero-order valence-electron chi connectivity index (χ0n) is 13.7. The third-order valence-corrected chi connectivity index (χ3v) is 4.55. The van der Waals surface area contributed by atoms with E-state index < -0.39 is 5.54 Å². The van der Waals surface area contributed by atoms with Crippen molar-refractivity contribution in [2.24, 2.45) is 0 Å². The van der Waals surface area contributed by atoms with Gasteiger partial charge in [-0.05, 0) is 13.3 Å². The van der Waals surface area contributed by atoms with Gasteiger partial charge in [-0.1, -0.05) is 6.92 Å². The summed E-state index contributed by atoms with van der Waals surface area (Å²) in [5.41, 5.74) is -0.535. The van der Waals surface area contributed by atoms with E-state index in [2.05, 4.69) is 15.5 Å². The summed E-state index contributed by atoms with van der Waals surface area (Å²) in [6, 6.07) is 0. The summed E-state index contributed by atoms with van der Waals surface area (Å²) in [5.74, 6) is -0.0634. The third-order valence-electron chi connectivity index (χ3n) is 4.55. The predicted octanol–water partition coefficient (Wildman–Crippen LogP) is -0.965. The molecule has 1 unspecified atom stereocenters. The first-order valence-corrected chi connectivity index (χ1v) is 8.16. The van der Waals surface area contributed by atoms with Crippen molar-refractivity contribution in [1.29, 1.82) is 0 Å². The van der Waals surface area contributed by atoms with Crippen LogP contribution in [0.2, 0.25) is 0 Å². The Labute approximate surface area is 132 Å². The lowest BCUT2D eigenvalue weighted by Gasteiger charge is -2.39. The van der Waals surface area contributed by atoms with Crippen molar-refractivity contribution in [1.82, 2.24) is 20.4 Å². The Hall–Kier alpha value is -1.18. The van der Waals surface area contributed by atoms with E-state index in [4.69, 9.17) is 4.74 Å². The number of nitrogens with zero attached hydrogens (tertiary/aromatic N) is 2. The van der Waals surface area contributed by atoms with Crippen molar-refractivity contribution < 1.29 is 14.3 Å². The van der Waals surface area contributed by atoms with Gasteiger partial charge in [0.05, 0.1) is 25.3 Å². The van der Waals surface area contributed by atoms with Crippen LogP contribution in [0.4, 0.5) is 0 Å². The van der Waals surface area contributed by atoms with Gasteiger partial charge in [-0.2, -0.15) is 0 Å². The van der Waals surface area contributed by atoms with Crippen LogP contribution >= 0.6 is 0 Å². The number of rotatable bonds is 6. The van der Waals surface area contributed by atoms with Crippen LogP contribution < -0.4 is 10.6 Å². The normalized spacial score (nSPS) is 27.0. The fraction of sp³-hybridized carbons (Fsp3) is 0.867. The highest BCUT2D eigenvalue weighted by Crippen LogP contribution is 2.16. The number of amides is 2. The summed E-state index contributed by atoms with van der Waals surface area (Å²) in [6.45, 7) is 10.2. The maximum Gasteiger partial charge on any atom is 0.243 e. The van der Waals surface area contributed by atoms with Crippen LogP contribution in [-0.4, -0.2) is 86.2 Å². The molecule has 2 saturated heterocycles. The number of ether oxygens (including phenoxy) is 1. The number of morpholine rings is 1. The topological polar surface area (TPSA) is 73.9 Å². The molecular weight excluding hydrogens is 284 g/mol. The molecule has 0 aromatic heterocycles. The van der Waals surface area contributed by atoms with Gasteiger partial charge in [0.1, 0.15) is 0 Å². The number of piperazine rings is 1. The van der Waals surface area contributed by atoms with Gasteiger partial charge in [-0.3, -0.25) is 14.5 Å². The lowest BCUT2D eigenvalue weighted by molar-refractivity contribution is -0.144. The Morgan fingerprint density at radius 1 is 1.36 bits per heavy atom. The molecule has 0 aliphatic carbocycles. The second-order valence-electron chi connectivity index (χ2n) is 6.14. The van der Waals surface area contributed by atoms with Crippen molar-refractivity contribution in [2.45, 2.75) is 25.8 Å². The lowest BCUT2D eigenvalue weighted by Crippen LogP contribution is -2.63. The fourth-order valence-electron chi connectivity index (χ4n) is 2.83. The highest BCUT2D eigenvalue weighted by atomic mass is 16.5. The van der Waals surface area contributed by atoms with Crippen LogP contribution in [0.3, 0.4) is 0 Å². The zero-order valence-corrected chi connectivity index (χ0v) is 13.7. The quantitative estimate of drug-likeness (QED) is 0.660. The molecule has 7 heteroatoms. The van der Waals surface area contributed by atoms with E-state index in [1.54, 1.807) is 4.90 Å². The highest BCUT2D eigenvalue weighted by Gasteiger charge is 2.38. The molecule has 2 N–H and O–H groups in total. The number of hydrogen-bond acceptors (Lipinski definition) is 5. The zero-order chi connectivity index (χ0) is 16.0. The number of nitrogens with one attached hydrogen (secondary N) is 2. The van der Waals surface area contributed by atoms with Crippen molar-refractivity contribution in [2.75, 3.05) is 59.0 Å². The molecule has 0 spiro atoms. The molecule has 0 radical (unpaired) electrons. The molecule has 0 aromatic carbocycles. The largest absolute Gasteiger partial charge is 0.379 e. The minimum atomic E-state index is -0.535. The summed E-state index contributed by atoms with van der Waals surface area (Å²) in [5, 5.41) is 6.15. The molecule has 1 atom stereocenters. The van der Waals surface area contributed by atoms with Crippen LogP contribution in [0, 0.1) is 0 Å². The molecule has 2 rings (SSSR count). The van der Waals surface area contributed by atoms with E-state index in [0.29, 0.717) is 13.1 Å². The Balaban J connectivity index is 1.71. The first-order chi connectivity index (χ1) is 10.5. The van der Waals surface area contributed by atoms with Gasteiger partial charge in [0.2, 0.25) is 11.8 Å². The second kappa shape index (κ2) is 7.89. The first-order valence-electron chi connectivity index (χ1n) is 8.16. The Morgan fingerprint density at radius 3 is 2.77 bits per heavy atom. The van der Waals surface area contributed by atoms with Crippen LogP contribution in [0.25, 0.3) is 0 Å². The summed E-state index contributed by atoms with van der Waals surface area (Å²) >= 11 is 0. The summed E-state index contributed by atoms with van der Waals surface area (Å²) in [6.07, 6.45) is 0.723. The van der Waals surface area contributed by atoms with Crippen molar-refractivity contribution in [3.63, 3.8) is 0 Å². The van der Waals surface area contributed by atoms with Gasteiger partial charge in [0, 0.05) is 39.3 Å². The number of carbonyl (C=O) groups excluding carboxylic acids is 2. The second-order valence-corrected chi connectivity index (χ2v) is 6.14. The van der Waals surface area contributed by atoms with Crippen LogP contribution in [-0.2, 0) is 14.3 Å². The summed E-state index contributed by atoms with van der Waals surface area (Å²) in [7, 11) is 0. The molecule has 22 heavy (non-hydrogen) atoms. The van der Waals surface area contributed by atoms with Gasteiger partial charge < -0.3 is 20.3 Å². The average molecular weight is 312 g/mol. The standard InChI is InChI=1S/C15H28N4O3/c1-3-15(2)14(21)19(7-5-17-15)12-13(20)16-4-6-18-8-10-22-11-9-18/h17H,3-12H2,1-2H3,(H,16,20). The SMILES string of the molecule is CCC1(C)NCCN(CC(=O)NCCN2CCOCC2)C1=O. The summed E-state index contributed by atoms with van der Waals surface area (Å²) < 4.78 is 5.29. The van der Waals surface area contributed by atoms with Crippen molar-refractivity contribution >= 4 is 11.8 Å². The highest BCUT2D eigenvalue weighted by molar-refractivity contribution is 5.90. The molecule has 0 saturated carbocycles. The molecule has 2 amide bonds.